The van der Waals surface area contributed by atoms with E-state index in [1.54, 1.807) is 6.07 Å². The second-order valence-electron chi connectivity index (χ2n) is 6.51. The summed E-state index contributed by atoms with van der Waals surface area (Å²) in [5.41, 5.74) is 2.11. The molecule has 1 aliphatic carbocycles. The van der Waals surface area contributed by atoms with E-state index in [0.717, 1.165) is 31.5 Å². The average Bonchev–Trinajstić information content (AvgIpc) is 2.43. The Morgan fingerprint density at radius 2 is 2.10 bits per heavy atom. The lowest BCUT2D eigenvalue weighted by Crippen LogP contribution is -2.32. The molecule has 0 heterocycles. The van der Waals surface area contributed by atoms with Crippen LogP contribution in [0.3, 0.4) is 0 Å². The van der Waals surface area contributed by atoms with E-state index < -0.39 is 0 Å². The third-order valence-electron chi connectivity index (χ3n) is 4.64. The highest BCUT2D eigenvalue weighted by Crippen LogP contribution is 2.41. The molecule has 1 N–H and O–H groups in total. The Bertz CT molecular complexity index is 429. The summed E-state index contributed by atoms with van der Waals surface area (Å²) in [6.45, 7) is 8.64. The monoisotopic (exact) mass is 277 g/mol. The molecular formula is C18H28FN. The summed E-state index contributed by atoms with van der Waals surface area (Å²) >= 11 is 0. The summed E-state index contributed by atoms with van der Waals surface area (Å²) in [7, 11) is 0. The predicted molar refractivity (Wildman–Crippen MR) is 83.5 cm³/mol. The molecule has 1 saturated carbocycles. The van der Waals surface area contributed by atoms with Crippen LogP contribution in [0.1, 0.15) is 56.6 Å². The van der Waals surface area contributed by atoms with Crippen molar-refractivity contribution in [3.05, 3.63) is 35.1 Å². The van der Waals surface area contributed by atoms with Crippen molar-refractivity contribution in [2.75, 3.05) is 13.1 Å². The molecule has 2 rings (SSSR count). The van der Waals surface area contributed by atoms with Crippen molar-refractivity contribution in [2.45, 2.75) is 52.4 Å². The van der Waals surface area contributed by atoms with E-state index in [4.69, 9.17) is 0 Å². The summed E-state index contributed by atoms with van der Waals surface area (Å²) in [4.78, 5) is 0. The van der Waals surface area contributed by atoms with Gasteiger partial charge >= 0.3 is 0 Å². The van der Waals surface area contributed by atoms with Crippen LogP contribution in [0, 0.1) is 24.6 Å². The number of aryl methyl sites for hydroxylation is 1. The maximum atomic E-state index is 14.2. The van der Waals surface area contributed by atoms with Gasteiger partial charge in [0, 0.05) is 0 Å². The molecule has 0 saturated heterocycles. The second kappa shape index (κ2) is 7.21. The van der Waals surface area contributed by atoms with Gasteiger partial charge in [0.15, 0.2) is 0 Å². The molecule has 1 aromatic carbocycles. The number of benzene rings is 1. The van der Waals surface area contributed by atoms with Gasteiger partial charge in [-0.05, 0) is 68.7 Å². The van der Waals surface area contributed by atoms with E-state index in [-0.39, 0.29) is 5.82 Å². The van der Waals surface area contributed by atoms with E-state index in [1.807, 2.05) is 6.07 Å². The van der Waals surface area contributed by atoms with Crippen LogP contribution >= 0.6 is 0 Å². The smallest absolute Gasteiger partial charge is 0.126 e. The van der Waals surface area contributed by atoms with Crippen molar-refractivity contribution in [1.82, 2.24) is 5.32 Å². The molecule has 112 valence electrons. The summed E-state index contributed by atoms with van der Waals surface area (Å²) < 4.78 is 14.2. The number of nitrogens with one attached hydrogen (secondary N) is 1. The van der Waals surface area contributed by atoms with Crippen molar-refractivity contribution in [3.8, 4) is 0 Å². The van der Waals surface area contributed by atoms with Gasteiger partial charge in [-0.25, -0.2) is 4.39 Å². The minimum absolute atomic E-state index is 0.0183. The lowest BCUT2D eigenvalue weighted by atomic mass is 9.71. The fourth-order valence-corrected chi connectivity index (χ4v) is 3.48. The van der Waals surface area contributed by atoms with Crippen molar-refractivity contribution >= 4 is 0 Å². The van der Waals surface area contributed by atoms with Gasteiger partial charge in [-0.1, -0.05) is 38.0 Å². The third kappa shape index (κ3) is 3.82. The summed E-state index contributed by atoms with van der Waals surface area (Å²) in [5.74, 6) is 1.65. The van der Waals surface area contributed by atoms with E-state index in [2.05, 4.69) is 32.2 Å². The van der Waals surface area contributed by atoms with Gasteiger partial charge in [-0.2, -0.15) is 0 Å². The number of hydrogen-bond acceptors (Lipinski definition) is 1. The molecular weight excluding hydrogens is 249 g/mol. The molecule has 20 heavy (non-hydrogen) atoms. The van der Waals surface area contributed by atoms with E-state index in [1.165, 1.54) is 18.4 Å². The lowest BCUT2D eigenvalue weighted by Gasteiger charge is -2.36. The SMILES string of the molecule is CCCNCC1CCC(C)CC1c1cc(C)ccc1F. The lowest BCUT2D eigenvalue weighted by molar-refractivity contribution is 0.238. The van der Waals surface area contributed by atoms with Crippen LogP contribution in [-0.4, -0.2) is 13.1 Å². The Morgan fingerprint density at radius 3 is 2.85 bits per heavy atom. The van der Waals surface area contributed by atoms with Gasteiger partial charge in [0.25, 0.3) is 0 Å². The van der Waals surface area contributed by atoms with Crippen molar-refractivity contribution in [2.24, 2.45) is 11.8 Å². The zero-order valence-electron chi connectivity index (χ0n) is 13.1. The van der Waals surface area contributed by atoms with E-state index in [9.17, 15) is 4.39 Å². The quantitative estimate of drug-likeness (QED) is 0.772. The predicted octanol–water partition coefficient (Wildman–Crippen LogP) is 4.65. The van der Waals surface area contributed by atoms with Crippen LogP contribution in [0.2, 0.25) is 0 Å². The molecule has 1 nitrogen and oxygen atoms in total. The minimum atomic E-state index is -0.0183. The molecule has 0 bridgehead atoms. The van der Waals surface area contributed by atoms with E-state index >= 15 is 0 Å². The normalized spacial score (nSPS) is 26.7. The standard InChI is InChI=1S/C18H28FN/c1-4-9-20-12-15-7-5-13(2)10-16(15)17-11-14(3)6-8-18(17)19/h6,8,11,13,15-16,20H,4-5,7,9-10,12H2,1-3H3. The number of rotatable bonds is 5. The molecule has 1 aliphatic rings. The average molecular weight is 277 g/mol. The Balaban J connectivity index is 2.16. The molecule has 2 heteroatoms. The van der Waals surface area contributed by atoms with Crippen LogP contribution in [0.15, 0.2) is 18.2 Å². The first-order valence-electron chi connectivity index (χ1n) is 8.08. The zero-order chi connectivity index (χ0) is 14.5. The summed E-state index contributed by atoms with van der Waals surface area (Å²) in [6, 6.07) is 5.57. The van der Waals surface area contributed by atoms with Gasteiger partial charge in [-0.3, -0.25) is 0 Å². The van der Waals surface area contributed by atoms with Crippen molar-refractivity contribution < 1.29 is 4.39 Å². The molecule has 0 amide bonds. The molecule has 3 unspecified atom stereocenters. The fourth-order valence-electron chi connectivity index (χ4n) is 3.48. The zero-order valence-corrected chi connectivity index (χ0v) is 13.1. The minimum Gasteiger partial charge on any atom is -0.316 e. The van der Waals surface area contributed by atoms with E-state index in [0.29, 0.717) is 17.8 Å². The maximum Gasteiger partial charge on any atom is 0.126 e. The van der Waals surface area contributed by atoms with Crippen LogP contribution in [0.4, 0.5) is 4.39 Å². The largest absolute Gasteiger partial charge is 0.316 e. The highest BCUT2D eigenvalue weighted by Gasteiger charge is 2.31. The summed E-state index contributed by atoms with van der Waals surface area (Å²) in [6.07, 6.45) is 4.78. The van der Waals surface area contributed by atoms with Crippen LogP contribution < -0.4 is 5.32 Å². The van der Waals surface area contributed by atoms with Gasteiger partial charge in [0.2, 0.25) is 0 Å². The maximum absolute atomic E-state index is 14.2. The topological polar surface area (TPSA) is 12.0 Å². The van der Waals surface area contributed by atoms with Crippen LogP contribution in [0.5, 0.6) is 0 Å². The Hall–Kier alpha value is -0.890. The molecule has 0 spiro atoms. The van der Waals surface area contributed by atoms with Crippen LogP contribution in [0.25, 0.3) is 0 Å². The summed E-state index contributed by atoms with van der Waals surface area (Å²) in [5, 5.41) is 3.53. The van der Waals surface area contributed by atoms with Crippen molar-refractivity contribution in [1.29, 1.82) is 0 Å². The first-order chi connectivity index (χ1) is 9.61. The first-order valence-corrected chi connectivity index (χ1v) is 8.08. The van der Waals surface area contributed by atoms with Gasteiger partial charge in [-0.15, -0.1) is 0 Å². The Labute approximate surface area is 123 Å². The van der Waals surface area contributed by atoms with Gasteiger partial charge in [0.05, 0.1) is 0 Å². The highest BCUT2D eigenvalue weighted by molar-refractivity contribution is 5.28. The second-order valence-corrected chi connectivity index (χ2v) is 6.51. The molecule has 0 aliphatic heterocycles. The Morgan fingerprint density at radius 1 is 1.30 bits per heavy atom. The fraction of sp³-hybridized carbons (Fsp3) is 0.667. The molecule has 0 aromatic heterocycles. The van der Waals surface area contributed by atoms with Crippen molar-refractivity contribution in [3.63, 3.8) is 0 Å². The highest BCUT2D eigenvalue weighted by atomic mass is 19.1. The molecule has 3 atom stereocenters. The molecule has 1 aromatic rings. The van der Waals surface area contributed by atoms with Gasteiger partial charge < -0.3 is 5.32 Å². The third-order valence-corrected chi connectivity index (χ3v) is 4.64. The molecule has 0 radical (unpaired) electrons. The Kier molecular flexibility index (Phi) is 5.59. The number of hydrogen-bond donors (Lipinski definition) is 1. The van der Waals surface area contributed by atoms with Gasteiger partial charge in [0.1, 0.15) is 5.82 Å². The first kappa shape index (κ1) is 15.5. The molecule has 1 fully saturated rings. The number of halogens is 1. The van der Waals surface area contributed by atoms with Crippen LogP contribution in [-0.2, 0) is 0 Å².